The smallest absolute Gasteiger partial charge is 0.413 e. The van der Waals surface area contributed by atoms with Crippen molar-refractivity contribution in [1.82, 2.24) is 10.6 Å². The van der Waals surface area contributed by atoms with Crippen LogP contribution < -0.4 is 10.6 Å². The van der Waals surface area contributed by atoms with Crippen LogP contribution in [-0.4, -0.2) is 95.6 Å². The van der Waals surface area contributed by atoms with Gasteiger partial charge in [-0.3, -0.25) is 0 Å². The lowest BCUT2D eigenvalue weighted by molar-refractivity contribution is -0.151. The number of alkyl carbamates (subject to hydrolysis) is 2. The van der Waals surface area contributed by atoms with Gasteiger partial charge in [0.1, 0.15) is 17.8 Å². The fourth-order valence-electron chi connectivity index (χ4n) is 4.16. The Morgan fingerprint density at radius 3 is 1.58 bits per heavy atom. The van der Waals surface area contributed by atoms with Crippen molar-refractivity contribution in [2.24, 2.45) is 0 Å². The Labute approximate surface area is 268 Å². The maximum absolute atomic E-state index is 11.7. The first-order chi connectivity index (χ1) is 20.5. The number of nitrogens with one attached hydrogen (secondary N) is 2. The van der Waals surface area contributed by atoms with E-state index in [1.807, 2.05) is 41.5 Å². The average molecular weight is 647 g/mol. The number of carbonyl (C=O) groups is 4. The third-order valence-electron chi connectivity index (χ3n) is 6.00. The average Bonchev–Trinajstić information content (AvgIpc) is 2.89. The predicted octanol–water partition coefficient (Wildman–Crippen LogP) is 4.70. The number of ether oxygens (including phenoxy) is 5. The first kappa shape index (κ1) is 43.9. The van der Waals surface area contributed by atoms with E-state index in [0.29, 0.717) is 19.4 Å². The molecule has 0 atom stereocenters. The van der Waals surface area contributed by atoms with Gasteiger partial charge in [-0.15, -0.1) is 0 Å². The van der Waals surface area contributed by atoms with E-state index in [4.69, 9.17) is 24.5 Å². The molecule has 14 nitrogen and oxygen atoms in total. The van der Waals surface area contributed by atoms with Gasteiger partial charge in [-0.05, 0) is 107 Å². The van der Waals surface area contributed by atoms with Crippen molar-refractivity contribution in [1.29, 1.82) is 0 Å². The molecule has 0 bridgehead atoms. The third-order valence-corrected chi connectivity index (χ3v) is 6.00. The normalized spacial score (nSPS) is 20.8. The van der Waals surface area contributed by atoms with Crippen LogP contribution in [0, 0.1) is 0 Å². The second-order valence-corrected chi connectivity index (χ2v) is 12.4. The summed E-state index contributed by atoms with van der Waals surface area (Å²) in [5, 5.41) is 15.0. The summed E-state index contributed by atoms with van der Waals surface area (Å²) in [5.74, 6) is -0.957. The van der Waals surface area contributed by atoms with Crippen molar-refractivity contribution in [2.75, 3.05) is 19.8 Å². The highest BCUT2D eigenvalue weighted by atomic mass is 16.6. The van der Waals surface area contributed by atoms with Crippen molar-refractivity contribution >= 4 is 30.3 Å². The van der Waals surface area contributed by atoms with Gasteiger partial charge in [0.2, 0.25) is 0 Å². The van der Waals surface area contributed by atoms with Crippen LogP contribution in [0.15, 0.2) is 0 Å². The van der Waals surface area contributed by atoms with Gasteiger partial charge in [0, 0.05) is 12.1 Å². The van der Waals surface area contributed by atoms with Crippen LogP contribution in [-0.2, 0) is 33.3 Å². The van der Waals surface area contributed by atoms with Gasteiger partial charge in [0.25, 0.3) is 0 Å². The van der Waals surface area contributed by atoms with Gasteiger partial charge in [-0.25, -0.2) is 19.2 Å². The zero-order chi connectivity index (χ0) is 33.8. The number of esters is 2. The minimum Gasteiger partial charge on any atom is -0.464 e. The Morgan fingerprint density at radius 2 is 1.20 bits per heavy atom. The number of aliphatic hydroxyl groups is 1. The van der Waals surface area contributed by atoms with Crippen LogP contribution in [0.5, 0.6) is 0 Å². The number of rotatable bonds is 8. The minimum atomic E-state index is -0.630. The Hall–Kier alpha value is -3.22. The van der Waals surface area contributed by atoms with Gasteiger partial charge in [-0.2, -0.15) is 4.79 Å². The molecule has 0 heterocycles. The molecule has 2 rings (SSSR count). The van der Waals surface area contributed by atoms with E-state index in [0.717, 1.165) is 51.4 Å². The standard InChI is InChI=1S/C15H27NO5.C11H21NO3.C4H6N2O2.CH4/c1-5-19-13(17)10-20-12-8-6-11(7-9-12)16-14(18)21-15(2,3)4;1-11(2,3)15-10(14)12-8-4-6-9(13)7-5-8;1-2-8-4(7)3-6-5;/h11-12H,5-10H2,1-4H3,(H,16,18);8-9,13H,4-7H2,1-3H3,(H,12,14);3H,2H2,1H3;1H4. The van der Waals surface area contributed by atoms with Crippen LogP contribution in [0.4, 0.5) is 9.59 Å². The number of nitrogens with zero attached hydrogens (tertiary/aromatic N) is 2. The fraction of sp³-hybridized carbons (Fsp3) is 0.839. The van der Waals surface area contributed by atoms with Gasteiger partial charge in [-0.1, -0.05) is 7.43 Å². The highest BCUT2D eigenvalue weighted by Crippen LogP contribution is 2.22. The van der Waals surface area contributed by atoms with E-state index >= 15 is 0 Å². The zero-order valence-electron chi connectivity index (χ0n) is 27.7. The molecule has 0 unspecified atom stereocenters. The Bertz CT molecular complexity index is 910. The number of hydrogen-bond donors (Lipinski definition) is 3. The lowest BCUT2D eigenvalue weighted by Crippen LogP contribution is -2.42. The molecule has 0 aliphatic heterocycles. The number of hydrogen-bond acceptors (Lipinski definition) is 10. The lowest BCUT2D eigenvalue weighted by Gasteiger charge is -2.29. The van der Waals surface area contributed by atoms with Crippen LogP contribution in [0.25, 0.3) is 5.53 Å². The van der Waals surface area contributed by atoms with E-state index in [9.17, 15) is 24.3 Å². The minimum absolute atomic E-state index is 0. The lowest BCUT2D eigenvalue weighted by atomic mass is 9.93. The number of carbonyl (C=O) groups excluding carboxylic acids is 4. The molecule has 0 aromatic rings. The number of amides is 2. The summed E-state index contributed by atoms with van der Waals surface area (Å²) >= 11 is 0. The van der Waals surface area contributed by atoms with Crippen molar-refractivity contribution in [2.45, 2.75) is 150 Å². The SMILES string of the molecule is C.CC(C)(C)OC(=O)NC1CCC(O)CC1.CCOC(=O)C=[N+]=[N-].CCOC(=O)COC1CCC(NC(=O)OC(C)(C)C)CC1. The molecule has 2 amide bonds. The van der Waals surface area contributed by atoms with Crippen molar-refractivity contribution in [3.63, 3.8) is 0 Å². The maximum Gasteiger partial charge on any atom is 0.413 e. The van der Waals surface area contributed by atoms with Gasteiger partial charge in [0.15, 0.2) is 0 Å². The van der Waals surface area contributed by atoms with Gasteiger partial charge >= 0.3 is 30.3 Å². The molecule has 0 spiro atoms. The first-order valence-corrected chi connectivity index (χ1v) is 15.3. The first-order valence-electron chi connectivity index (χ1n) is 15.3. The van der Waals surface area contributed by atoms with Gasteiger partial charge < -0.3 is 45.0 Å². The second kappa shape index (κ2) is 23.2. The van der Waals surface area contributed by atoms with Crippen molar-refractivity contribution in [3.8, 4) is 0 Å². The van der Waals surface area contributed by atoms with Crippen LogP contribution in [0.1, 0.15) is 114 Å². The number of aliphatic hydroxyl groups excluding tert-OH is 1. The van der Waals surface area contributed by atoms with E-state index < -0.39 is 17.2 Å². The quantitative estimate of drug-likeness (QED) is 0.109. The molecule has 45 heavy (non-hydrogen) atoms. The fourth-order valence-corrected chi connectivity index (χ4v) is 4.16. The summed E-state index contributed by atoms with van der Waals surface area (Å²) in [7, 11) is 0. The maximum atomic E-state index is 11.7. The topological polar surface area (TPSA) is 195 Å². The van der Waals surface area contributed by atoms with E-state index in [1.54, 1.807) is 13.8 Å². The van der Waals surface area contributed by atoms with Crippen LogP contribution >= 0.6 is 0 Å². The third kappa shape index (κ3) is 25.8. The van der Waals surface area contributed by atoms with Crippen molar-refractivity contribution < 1.29 is 52.8 Å². The summed E-state index contributed by atoms with van der Waals surface area (Å²) in [6, 6.07) is 0.269. The molecular weight excluding hydrogens is 588 g/mol. The molecule has 0 aromatic carbocycles. The summed E-state index contributed by atoms with van der Waals surface area (Å²) in [5.41, 5.74) is 6.80. The summed E-state index contributed by atoms with van der Waals surface area (Å²) in [4.78, 5) is 46.9. The Morgan fingerprint density at radius 1 is 0.778 bits per heavy atom. The van der Waals surface area contributed by atoms with Gasteiger partial charge in [0.05, 0.1) is 25.4 Å². The molecule has 0 aromatic heterocycles. The molecule has 2 aliphatic rings. The Balaban J connectivity index is 0. The molecular formula is C31H58N4O10. The zero-order valence-corrected chi connectivity index (χ0v) is 27.7. The molecule has 0 saturated heterocycles. The molecule has 3 N–H and O–H groups in total. The summed E-state index contributed by atoms with van der Waals surface area (Å²) in [6.07, 6.45) is 6.32. The van der Waals surface area contributed by atoms with Crippen LogP contribution in [0.3, 0.4) is 0 Å². The highest BCUT2D eigenvalue weighted by molar-refractivity contribution is 6.20. The van der Waals surface area contributed by atoms with Crippen LogP contribution in [0.2, 0.25) is 0 Å². The molecule has 0 radical (unpaired) electrons. The molecule has 2 aliphatic carbocycles. The van der Waals surface area contributed by atoms with E-state index in [1.165, 1.54) is 0 Å². The van der Waals surface area contributed by atoms with E-state index in [2.05, 4.69) is 20.2 Å². The summed E-state index contributed by atoms with van der Waals surface area (Å²) < 4.78 is 25.0. The molecule has 2 fully saturated rings. The van der Waals surface area contributed by atoms with E-state index in [-0.39, 0.29) is 56.5 Å². The summed E-state index contributed by atoms with van der Waals surface area (Å²) in [6.45, 7) is 15.2. The highest BCUT2D eigenvalue weighted by Gasteiger charge is 2.26. The molecule has 262 valence electrons. The largest absolute Gasteiger partial charge is 0.464 e. The molecule has 2 saturated carbocycles. The monoisotopic (exact) mass is 646 g/mol. The predicted molar refractivity (Wildman–Crippen MR) is 169 cm³/mol. The van der Waals surface area contributed by atoms with Crippen molar-refractivity contribution in [3.05, 3.63) is 5.53 Å². The molecule has 14 heteroatoms. The second-order valence-electron chi connectivity index (χ2n) is 12.4. The Kier molecular flexibility index (Phi) is 22.6.